The van der Waals surface area contributed by atoms with Crippen molar-refractivity contribution in [1.29, 1.82) is 0 Å². The van der Waals surface area contributed by atoms with E-state index in [0.29, 0.717) is 30.9 Å². The molecule has 1 aliphatic heterocycles. The summed E-state index contributed by atoms with van der Waals surface area (Å²) in [4.78, 5) is 31.3. The van der Waals surface area contributed by atoms with E-state index >= 15 is 0 Å². The van der Waals surface area contributed by atoms with E-state index in [0.717, 1.165) is 16.5 Å². The summed E-state index contributed by atoms with van der Waals surface area (Å²) in [5.41, 5.74) is 2.29. The highest BCUT2D eigenvalue weighted by atomic mass is 16.4. The van der Waals surface area contributed by atoms with E-state index < -0.39 is 19.1 Å². The third-order valence-corrected chi connectivity index (χ3v) is 5.32. The average Bonchev–Trinajstić information content (AvgIpc) is 3.16. The van der Waals surface area contributed by atoms with Gasteiger partial charge < -0.3 is 20.3 Å². The minimum atomic E-state index is -1.58. The van der Waals surface area contributed by atoms with E-state index in [1.165, 1.54) is 4.90 Å². The second-order valence-corrected chi connectivity index (χ2v) is 7.64. The molecule has 0 spiro atoms. The monoisotopic (exact) mass is 383 g/mol. The lowest BCUT2D eigenvalue weighted by atomic mass is 9.78. The zero-order valence-corrected chi connectivity index (χ0v) is 16.4. The molecule has 2 atom stereocenters. The van der Waals surface area contributed by atoms with Crippen molar-refractivity contribution in [1.82, 2.24) is 15.2 Å². The maximum atomic E-state index is 12.9. The summed E-state index contributed by atoms with van der Waals surface area (Å²) >= 11 is 0. The lowest BCUT2D eigenvalue weighted by Gasteiger charge is -2.27. The molecule has 0 bridgehead atoms. The van der Waals surface area contributed by atoms with Gasteiger partial charge in [0.1, 0.15) is 6.04 Å². The molecule has 2 unspecified atom stereocenters. The van der Waals surface area contributed by atoms with E-state index in [2.05, 4.69) is 24.1 Å². The Hall–Kier alpha value is -2.45. The van der Waals surface area contributed by atoms with Gasteiger partial charge in [0.2, 0.25) is 5.91 Å². The number of aromatic nitrogens is 1. The fourth-order valence-corrected chi connectivity index (χ4v) is 3.68. The van der Waals surface area contributed by atoms with Crippen LogP contribution in [0.5, 0.6) is 0 Å². The van der Waals surface area contributed by atoms with Gasteiger partial charge in [-0.2, -0.15) is 0 Å². The fraction of sp³-hybridized carbons (Fsp3) is 0.450. The highest BCUT2D eigenvalue weighted by Gasteiger charge is 2.38. The van der Waals surface area contributed by atoms with Gasteiger partial charge in [0.15, 0.2) is 0 Å². The number of carbonyl (C=O) groups excluding carboxylic acids is 2. The van der Waals surface area contributed by atoms with Crippen molar-refractivity contribution in [2.45, 2.75) is 51.5 Å². The van der Waals surface area contributed by atoms with Crippen LogP contribution in [0.2, 0.25) is 0 Å². The molecule has 1 aliphatic rings. The molecule has 1 fully saturated rings. The number of nitrogens with one attached hydrogen (secondary N) is 1. The number of benzene rings is 1. The lowest BCUT2D eigenvalue weighted by Crippen LogP contribution is -2.52. The first-order chi connectivity index (χ1) is 13.3. The Morgan fingerprint density at radius 3 is 2.68 bits per heavy atom. The number of rotatable bonds is 5. The Balaban J connectivity index is 1.81. The predicted octanol–water partition coefficient (Wildman–Crippen LogP) is 1.48. The van der Waals surface area contributed by atoms with E-state index in [1.807, 2.05) is 18.2 Å². The van der Waals surface area contributed by atoms with Gasteiger partial charge in [0, 0.05) is 18.1 Å². The summed E-state index contributed by atoms with van der Waals surface area (Å²) in [5, 5.41) is 22.4. The molecule has 3 N–H and O–H groups in total. The van der Waals surface area contributed by atoms with Crippen LogP contribution in [0.25, 0.3) is 10.9 Å². The first-order valence-electron chi connectivity index (χ1n) is 9.65. The zero-order valence-electron chi connectivity index (χ0n) is 16.4. The molecule has 148 valence electrons. The van der Waals surface area contributed by atoms with Crippen LogP contribution in [-0.4, -0.2) is 57.4 Å². The molecule has 2 heterocycles. The van der Waals surface area contributed by atoms with Gasteiger partial charge in [-0.25, -0.2) is 0 Å². The Morgan fingerprint density at radius 2 is 2.00 bits per heavy atom. The molecule has 0 radical (unpaired) electrons. The second kappa shape index (κ2) is 8.28. The number of carbonyl (C=O) groups is 2. The molecule has 28 heavy (non-hydrogen) atoms. The van der Waals surface area contributed by atoms with E-state index in [4.69, 9.17) is 0 Å². The van der Waals surface area contributed by atoms with E-state index in [9.17, 15) is 19.6 Å². The molecule has 2 aromatic rings. The van der Waals surface area contributed by atoms with Gasteiger partial charge in [-0.15, -0.1) is 0 Å². The molecule has 1 saturated heterocycles. The maximum Gasteiger partial charge on any atom is 0.475 e. The maximum absolute atomic E-state index is 12.9. The Bertz CT molecular complexity index is 887. The van der Waals surface area contributed by atoms with Crippen molar-refractivity contribution in [3.8, 4) is 0 Å². The number of hydrogen-bond donors (Lipinski definition) is 3. The van der Waals surface area contributed by atoms with Gasteiger partial charge in [0.25, 0.3) is 5.91 Å². The molecule has 0 saturated carbocycles. The lowest BCUT2D eigenvalue weighted by molar-refractivity contribution is -0.132. The first kappa shape index (κ1) is 20.3. The van der Waals surface area contributed by atoms with Crippen LogP contribution in [0.1, 0.15) is 55.5 Å². The highest BCUT2D eigenvalue weighted by molar-refractivity contribution is 6.43. The topological polar surface area (TPSA) is 103 Å². The van der Waals surface area contributed by atoms with Crippen LogP contribution < -0.4 is 5.32 Å². The van der Waals surface area contributed by atoms with E-state index in [1.54, 1.807) is 19.2 Å². The number of fused-ring (bicyclic) bond motifs is 1. The summed E-state index contributed by atoms with van der Waals surface area (Å²) in [6, 6.07) is 6.74. The molecule has 1 aromatic heterocycles. The molecular weight excluding hydrogens is 357 g/mol. The zero-order chi connectivity index (χ0) is 20.4. The Morgan fingerprint density at radius 1 is 1.25 bits per heavy atom. The van der Waals surface area contributed by atoms with Gasteiger partial charge in [0.05, 0.1) is 17.0 Å². The van der Waals surface area contributed by atoms with Gasteiger partial charge in [-0.3, -0.25) is 14.6 Å². The van der Waals surface area contributed by atoms with Crippen molar-refractivity contribution < 1.29 is 19.6 Å². The van der Waals surface area contributed by atoms with Crippen LogP contribution >= 0.6 is 0 Å². The number of amides is 2. The predicted molar refractivity (Wildman–Crippen MR) is 108 cm³/mol. The minimum absolute atomic E-state index is 0.315. The largest absolute Gasteiger partial charge is 0.475 e. The van der Waals surface area contributed by atoms with Crippen molar-refractivity contribution in [3.63, 3.8) is 0 Å². The summed E-state index contributed by atoms with van der Waals surface area (Å²) in [6.45, 7) is 6.24. The first-order valence-corrected chi connectivity index (χ1v) is 9.65. The van der Waals surface area contributed by atoms with Crippen LogP contribution in [0.15, 0.2) is 30.5 Å². The molecule has 1 aromatic carbocycles. The molecule has 3 rings (SSSR count). The summed E-state index contributed by atoms with van der Waals surface area (Å²) in [7, 11) is -1.58. The van der Waals surface area contributed by atoms with Gasteiger partial charge in [-0.05, 0) is 49.4 Å². The smallest absolute Gasteiger partial charge is 0.426 e. The molecule has 7 nitrogen and oxygen atoms in total. The van der Waals surface area contributed by atoms with Gasteiger partial charge in [-0.1, -0.05) is 19.9 Å². The quantitative estimate of drug-likeness (QED) is 0.679. The molecule has 8 heteroatoms. The molecular formula is C20H26BN3O4. The standard InChI is InChI=1S/C20H26BN3O4/c1-12(2)14-6-7-17-16(11-14)15(8-9-22-17)19(25)23-13(3)20(26)24-10-4-5-18(24)21(27)28/h6-9,11-13,18,27-28H,4-5,10H2,1-3H3,(H,23,25). The van der Waals surface area contributed by atoms with Crippen molar-refractivity contribution in [3.05, 3.63) is 41.6 Å². The summed E-state index contributed by atoms with van der Waals surface area (Å²) in [5.74, 6) is -0.972. The third-order valence-electron chi connectivity index (χ3n) is 5.32. The normalized spacial score (nSPS) is 17.8. The minimum Gasteiger partial charge on any atom is -0.426 e. The second-order valence-electron chi connectivity index (χ2n) is 7.64. The molecule has 0 aliphatic carbocycles. The number of likely N-dealkylation sites (tertiary alicyclic amines) is 1. The summed E-state index contributed by atoms with van der Waals surface area (Å²) < 4.78 is 0. The van der Waals surface area contributed by atoms with Crippen molar-refractivity contribution >= 4 is 29.8 Å². The van der Waals surface area contributed by atoms with Crippen LogP contribution in [-0.2, 0) is 4.79 Å². The summed E-state index contributed by atoms with van der Waals surface area (Å²) in [6.07, 6.45) is 2.83. The van der Waals surface area contributed by atoms with Crippen LogP contribution in [0, 0.1) is 0 Å². The fourth-order valence-electron chi connectivity index (χ4n) is 3.68. The highest BCUT2D eigenvalue weighted by Crippen LogP contribution is 2.23. The third kappa shape index (κ3) is 4.03. The average molecular weight is 383 g/mol. The number of nitrogens with zero attached hydrogens (tertiary/aromatic N) is 2. The van der Waals surface area contributed by atoms with Crippen molar-refractivity contribution in [2.75, 3.05) is 6.54 Å². The Labute approximate surface area is 164 Å². The van der Waals surface area contributed by atoms with Crippen molar-refractivity contribution in [2.24, 2.45) is 0 Å². The van der Waals surface area contributed by atoms with Crippen LogP contribution in [0.3, 0.4) is 0 Å². The Kier molecular flexibility index (Phi) is 6.00. The van der Waals surface area contributed by atoms with Crippen LogP contribution in [0.4, 0.5) is 0 Å². The number of hydrogen-bond acceptors (Lipinski definition) is 5. The van der Waals surface area contributed by atoms with E-state index in [-0.39, 0.29) is 11.8 Å². The number of pyridine rings is 1. The SMILES string of the molecule is CC(NC(=O)c1ccnc2ccc(C(C)C)cc12)C(=O)N1CCCC1B(O)O. The van der Waals surface area contributed by atoms with Gasteiger partial charge >= 0.3 is 7.12 Å². The molecule has 2 amide bonds.